The Labute approximate surface area is 111 Å². The third-order valence-corrected chi connectivity index (χ3v) is 3.98. The smallest absolute Gasteiger partial charge is 0.348 e. The van der Waals surface area contributed by atoms with Crippen LogP contribution in [0.2, 0.25) is 0 Å². The first-order valence-corrected chi connectivity index (χ1v) is 6.79. The number of hydrogen-bond donors (Lipinski definition) is 1. The minimum atomic E-state index is -4.80. The Morgan fingerprint density at radius 1 is 1.37 bits per heavy atom. The predicted octanol–water partition coefficient (Wildman–Crippen LogP) is 3.08. The minimum Gasteiger partial charge on any atom is -0.348 e. The highest BCUT2D eigenvalue weighted by atomic mass is 32.2. The van der Waals surface area contributed by atoms with Crippen LogP contribution in [0.25, 0.3) is 0 Å². The van der Waals surface area contributed by atoms with Gasteiger partial charge in [-0.1, -0.05) is 6.07 Å². The highest BCUT2D eigenvalue weighted by Gasteiger charge is 2.35. The number of nitrogens with one attached hydrogen (secondary N) is 1. The summed E-state index contributed by atoms with van der Waals surface area (Å²) >= 11 is 1.64. The number of carbonyl (C=O) groups excluding carboxylic acids is 1. The minimum absolute atomic E-state index is 0.105. The lowest BCUT2D eigenvalue weighted by Crippen LogP contribution is -2.35. The molecule has 104 valence electrons. The van der Waals surface area contributed by atoms with Gasteiger partial charge in [0.15, 0.2) is 0 Å². The van der Waals surface area contributed by atoms with E-state index in [1.165, 1.54) is 0 Å². The molecule has 0 aliphatic carbocycles. The number of amides is 1. The molecule has 0 saturated carbocycles. The van der Waals surface area contributed by atoms with Crippen LogP contribution in [0.5, 0.6) is 0 Å². The van der Waals surface area contributed by atoms with E-state index in [9.17, 15) is 22.4 Å². The summed E-state index contributed by atoms with van der Waals surface area (Å²) in [6, 6.07) is 2.61. The summed E-state index contributed by atoms with van der Waals surface area (Å²) in [7, 11) is 0. The molecule has 0 spiro atoms. The highest BCUT2D eigenvalue weighted by molar-refractivity contribution is 7.99. The Morgan fingerprint density at radius 2 is 2.11 bits per heavy atom. The molecule has 19 heavy (non-hydrogen) atoms. The molecule has 1 aromatic carbocycles. The third-order valence-electron chi connectivity index (χ3n) is 2.81. The summed E-state index contributed by atoms with van der Waals surface area (Å²) in [5.41, 5.74) is -1.98. The van der Waals surface area contributed by atoms with Gasteiger partial charge in [-0.05, 0) is 24.3 Å². The molecule has 7 heteroatoms. The van der Waals surface area contributed by atoms with Gasteiger partial charge in [0.25, 0.3) is 5.91 Å². The molecule has 1 fully saturated rings. The van der Waals surface area contributed by atoms with Gasteiger partial charge in [0.1, 0.15) is 5.82 Å². The first-order valence-electron chi connectivity index (χ1n) is 5.64. The van der Waals surface area contributed by atoms with E-state index in [1.54, 1.807) is 11.8 Å². The van der Waals surface area contributed by atoms with E-state index in [2.05, 4.69) is 5.32 Å². The van der Waals surface area contributed by atoms with Gasteiger partial charge in [-0.15, -0.1) is 0 Å². The molecule has 2 nitrogen and oxygen atoms in total. The van der Waals surface area contributed by atoms with Gasteiger partial charge in [0, 0.05) is 11.8 Å². The molecule has 1 atom stereocenters. The van der Waals surface area contributed by atoms with Crippen LogP contribution in [0, 0.1) is 5.82 Å². The van der Waals surface area contributed by atoms with E-state index in [4.69, 9.17) is 0 Å². The van der Waals surface area contributed by atoms with E-state index in [1.807, 2.05) is 0 Å². The summed E-state index contributed by atoms with van der Waals surface area (Å²) < 4.78 is 51.3. The van der Waals surface area contributed by atoms with Gasteiger partial charge >= 0.3 is 6.18 Å². The van der Waals surface area contributed by atoms with Crippen LogP contribution in [0.3, 0.4) is 0 Å². The lowest BCUT2D eigenvalue weighted by Gasteiger charge is -2.14. The average Bonchev–Trinajstić information content (AvgIpc) is 2.80. The summed E-state index contributed by atoms with van der Waals surface area (Å²) in [6.45, 7) is 0. The fourth-order valence-electron chi connectivity index (χ4n) is 1.84. The first kappa shape index (κ1) is 14.2. The van der Waals surface area contributed by atoms with Crippen molar-refractivity contribution >= 4 is 17.7 Å². The lowest BCUT2D eigenvalue weighted by atomic mass is 10.1. The lowest BCUT2D eigenvalue weighted by molar-refractivity contribution is -0.140. The monoisotopic (exact) mass is 293 g/mol. The van der Waals surface area contributed by atoms with Crippen molar-refractivity contribution in [2.45, 2.75) is 18.6 Å². The Hall–Kier alpha value is -1.24. The normalized spacial score (nSPS) is 19.5. The molecule has 0 aromatic heterocycles. The molecule has 0 radical (unpaired) electrons. The molecule has 1 N–H and O–H groups in total. The van der Waals surface area contributed by atoms with Crippen LogP contribution < -0.4 is 5.32 Å². The van der Waals surface area contributed by atoms with Crippen molar-refractivity contribution in [2.24, 2.45) is 0 Å². The number of rotatable bonds is 2. The van der Waals surface area contributed by atoms with Crippen LogP contribution in [0.1, 0.15) is 22.3 Å². The van der Waals surface area contributed by atoms with Crippen LogP contribution >= 0.6 is 11.8 Å². The fourth-order valence-corrected chi connectivity index (χ4v) is 2.99. The molecule has 1 heterocycles. The van der Waals surface area contributed by atoms with Crippen LogP contribution in [-0.4, -0.2) is 23.5 Å². The molecule has 1 saturated heterocycles. The van der Waals surface area contributed by atoms with Crippen molar-refractivity contribution in [3.05, 3.63) is 35.1 Å². The topological polar surface area (TPSA) is 29.1 Å². The maximum atomic E-state index is 13.7. The van der Waals surface area contributed by atoms with Crippen molar-refractivity contribution in [1.29, 1.82) is 0 Å². The van der Waals surface area contributed by atoms with Crippen LogP contribution in [-0.2, 0) is 6.18 Å². The van der Waals surface area contributed by atoms with Crippen molar-refractivity contribution in [3.8, 4) is 0 Å². The molecule has 0 bridgehead atoms. The van der Waals surface area contributed by atoms with Crippen molar-refractivity contribution < 1.29 is 22.4 Å². The number of thioether (sulfide) groups is 1. The summed E-state index contributed by atoms with van der Waals surface area (Å²) in [5, 5.41) is 2.55. The van der Waals surface area contributed by atoms with Gasteiger partial charge in [-0.2, -0.15) is 24.9 Å². The summed E-state index contributed by atoms with van der Waals surface area (Å²) in [5.74, 6) is -0.725. The number of carbonyl (C=O) groups is 1. The van der Waals surface area contributed by atoms with Gasteiger partial charge in [0.05, 0.1) is 11.1 Å². The van der Waals surface area contributed by atoms with Crippen molar-refractivity contribution in [2.75, 3.05) is 11.5 Å². The zero-order valence-corrected chi connectivity index (χ0v) is 10.6. The zero-order valence-electron chi connectivity index (χ0n) is 9.76. The molecule has 1 aliphatic heterocycles. The number of hydrogen-bond acceptors (Lipinski definition) is 2. The maximum absolute atomic E-state index is 13.7. The van der Waals surface area contributed by atoms with Crippen molar-refractivity contribution in [3.63, 3.8) is 0 Å². The molecular weight excluding hydrogens is 282 g/mol. The first-order chi connectivity index (χ1) is 8.89. The second kappa shape index (κ2) is 5.40. The Balaban J connectivity index is 2.22. The fraction of sp³-hybridized carbons (Fsp3) is 0.417. The third kappa shape index (κ3) is 3.20. The zero-order chi connectivity index (χ0) is 14.0. The van der Waals surface area contributed by atoms with E-state index < -0.39 is 29.0 Å². The molecular formula is C12H11F4NOS. The number of alkyl halides is 3. The summed E-state index contributed by atoms with van der Waals surface area (Å²) in [4.78, 5) is 11.8. The van der Waals surface area contributed by atoms with E-state index in [-0.39, 0.29) is 6.04 Å². The Kier molecular flexibility index (Phi) is 4.03. The molecule has 1 aliphatic rings. The Bertz CT molecular complexity index is 483. The summed E-state index contributed by atoms with van der Waals surface area (Å²) in [6.07, 6.45) is -4.05. The van der Waals surface area contributed by atoms with Gasteiger partial charge in [-0.25, -0.2) is 4.39 Å². The van der Waals surface area contributed by atoms with Gasteiger partial charge in [-0.3, -0.25) is 4.79 Å². The second-order valence-corrected chi connectivity index (χ2v) is 5.35. The van der Waals surface area contributed by atoms with Crippen LogP contribution in [0.4, 0.5) is 17.6 Å². The SMILES string of the molecule is O=C(NC1CCSC1)c1cccc(C(F)(F)F)c1F. The molecule has 2 rings (SSSR count). The largest absolute Gasteiger partial charge is 0.419 e. The van der Waals surface area contributed by atoms with Crippen LogP contribution in [0.15, 0.2) is 18.2 Å². The molecule has 1 aromatic rings. The number of benzene rings is 1. The highest BCUT2D eigenvalue weighted by Crippen LogP contribution is 2.32. The van der Waals surface area contributed by atoms with E-state index >= 15 is 0 Å². The van der Waals surface area contributed by atoms with E-state index in [0.29, 0.717) is 11.8 Å². The average molecular weight is 293 g/mol. The second-order valence-electron chi connectivity index (χ2n) is 4.20. The number of halogens is 4. The van der Waals surface area contributed by atoms with Crippen molar-refractivity contribution in [1.82, 2.24) is 5.32 Å². The predicted molar refractivity (Wildman–Crippen MR) is 64.6 cm³/mol. The standard InChI is InChI=1S/C12H11F4NOS/c13-10-8(2-1-3-9(10)12(14,15)16)11(18)17-7-4-5-19-6-7/h1-3,7H,4-6H2,(H,17,18). The van der Waals surface area contributed by atoms with Gasteiger partial charge in [0.2, 0.25) is 0 Å². The quantitative estimate of drug-likeness (QED) is 0.849. The van der Waals surface area contributed by atoms with E-state index in [0.717, 1.165) is 24.3 Å². The maximum Gasteiger partial charge on any atom is 0.419 e. The molecule has 1 amide bonds. The molecule has 1 unspecified atom stereocenters. The Morgan fingerprint density at radius 3 is 2.68 bits per heavy atom. The van der Waals surface area contributed by atoms with Gasteiger partial charge < -0.3 is 5.32 Å².